The normalized spacial score (nSPS) is 17.2. The van der Waals surface area contributed by atoms with Crippen molar-refractivity contribution in [1.29, 1.82) is 0 Å². The number of hydrogen-bond donors (Lipinski definition) is 0. The molecule has 0 saturated carbocycles. The van der Waals surface area contributed by atoms with Crippen LogP contribution in [-0.2, 0) is 11.3 Å². The highest BCUT2D eigenvalue weighted by Crippen LogP contribution is 2.31. The van der Waals surface area contributed by atoms with Gasteiger partial charge in [0.25, 0.3) is 0 Å². The van der Waals surface area contributed by atoms with Gasteiger partial charge in [-0.05, 0) is 70.9 Å². The molecule has 6 heteroatoms. The van der Waals surface area contributed by atoms with Crippen LogP contribution in [0.2, 0.25) is 0 Å². The summed E-state index contributed by atoms with van der Waals surface area (Å²) < 4.78 is 21.3. The van der Waals surface area contributed by atoms with Crippen LogP contribution in [0.25, 0.3) is 11.3 Å². The number of ether oxygens (including phenoxy) is 1. The van der Waals surface area contributed by atoms with E-state index >= 15 is 0 Å². The summed E-state index contributed by atoms with van der Waals surface area (Å²) in [6.45, 7) is 12.2. The highest BCUT2D eigenvalue weighted by Gasteiger charge is 2.32. The number of amides is 1. The fourth-order valence-electron chi connectivity index (χ4n) is 3.31. The van der Waals surface area contributed by atoms with E-state index in [2.05, 4.69) is 5.10 Å². The Morgan fingerprint density at radius 2 is 1.81 bits per heavy atom. The van der Waals surface area contributed by atoms with Crippen molar-refractivity contribution in [3.05, 3.63) is 40.8 Å². The summed E-state index contributed by atoms with van der Waals surface area (Å²) in [6, 6.07) is 5.47. The third-order valence-electron chi connectivity index (χ3n) is 4.62. The molecule has 0 radical (unpaired) electrons. The summed E-state index contributed by atoms with van der Waals surface area (Å²) in [6.07, 6.45) is -0.313. The van der Waals surface area contributed by atoms with Gasteiger partial charge >= 0.3 is 6.09 Å². The van der Waals surface area contributed by atoms with Crippen molar-refractivity contribution < 1.29 is 13.9 Å². The molecular formula is C20H26FN3O2. The van der Waals surface area contributed by atoms with Crippen molar-refractivity contribution in [3.8, 4) is 11.3 Å². The first kappa shape index (κ1) is 18.4. The molecule has 0 aliphatic carbocycles. The minimum atomic E-state index is -0.525. The maximum atomic E-state index is 13.9. The van der Waals surface area contributed by atoms with E-state index in [1.165, 1.54) is 0 Å². The Labute approximate surface area is 153 Å². The standard InChI is InChI=1S/C20H26FN3O2/c1-12-9-15(10-13(2)18(12)21)16-11-17-14(3)23(7-8-24(17)22-16)19(25)26-20(4,5)6/h9-11,14H,7-8H2,1-6H3. The molecule has 1 aromatic carbocycles. The second-order valence-corrected chi connectivity index (χ2v) is 7.95. The van der Waals surface area contributed by atoms with Crippen molar-refractivity contribution in [2.24, 2.45) is 0 Å². The van der Waals surface area contributed by atoms with Gasteiger partial charge in [0, 0.05) is 12.1 Å². The zero-order valence-electron chi connectivity index (χ0n) is 16.3. The second-order valence-electron chi connectivity index (χ2n) is 7.95. The molecule has 3 rings (SSSR count). The number of rotatable bonds is 1. The van der Waals surface area contributed by atoms with Crippen molar-refractivity contribution in [1.82, 2.24) is 14.7 Å². The lowest BCUT2D eigenvalue weighted by atomic mass is 10.0. The number of aromatic nitrogens is 2. The summed E-state index contributed by atoms with van der Waals surface area (Å²) >= 11 is 0. The van der Waals surface area contributed by atoms with Gasteiger partial charge in [-0.25, -0.2) is 9.18 Å². The molecule has 1 amide bonds. The molecule has 1 atom stereocenters. The first-order valence-electron chi connectivity index (χ1n) is 8.91. The molecule has 5 nitrogen and oxygen atoms in total. The highest BCUT2D eigenvalue weighted by atomic mass is 19.1. The van der Waals surface area contributed by atoms with Crippen LogP contribution in [0.5, 0.6) is 0 Å². The van der Waals surface area contributed by atoms with Crippen LogP contribution in [-0.4, -0.2) is 32.9 Å². The number of aryl methyl sites for hydroxylation is 2. The van der Waals surface area contributed by atoms with Gasteiger partial charge in [0.15, 0.2) is 0 Å². The van der Waals surface area contributed by atoms with Crippen LogP contribution >= 0.6 is 0 Å². The summed E-state index contributed by atoms with van der Waals surface area (Å²) in [5, 5.41) is 4.67. The summed E-state index contributed by atoms with van der Waals surface area (Å²) in [7, 11) is 0. The molecule has 140 valence electrons. The van der Waals surface area contributed by atoms with E-state index in [1.54, 1.807) is 18.7 Å². The van der Waals surface area contributed by atoms with Crippen LogP contribution < -0.4 is 0 Å². The lowest BCUT2D eigenvalue weighted by Crippen LogP contribution is -2.43. The van der Waals surface area contributed by atoms with Crippen LogP contribution in [0.15, 0.2) is 18.2 Å². The molecule has 2 aromatic rings. The van der Waals surface area contributed by atoms with Gasteiger partial charge in [-0.2, -0.15) is 5.10 Å². The van der Waals surface area contributed by atoms with E-state index in [4.69, 9.17) is 4.74 Å². The van der Waals surface area contributed by atoms with E-state index in [0.29, 0.717) is 24.2 Å². The van der Waals surface area contributed by atoms with E-state index in [1.807, 2.05) is 50.6 Å². The number of carbonyl (C=O) groups excluding carboxylic acids is 1. The fraction of sp³-hybridized carbons (Fsp3) is 0.500. The topological polar surface area (TPSA) is 47.4 Å². The van der Waals surface area contributed by atoms with Crippen molar-refractivity contribution in [3.63, 3.8) is 0 Å². The SMILES string of the molecule is Cc1cc(-c2cc3n(n2)CCN(C(=O)OC(C)(C)C)C3C)cc(C)c1F. The minimum Gasteiger partial charge on any atom is -0.444 e. The van der Waals surface area contributed by atoms with Gasteiger partial charge in [0.2, 0.25) is 0 Å². The first-order valence-corrected chi connectivity index (χ1v) is 8.91. The quantitative estimate of drug-likeness (QED) is 0.746. The molecule has 0 spiro atoms. The van der Waals surface area contributed by atoms with E-state index < -0.39 is 5.60 Å². The summed E-state index contributed by atoms with van der Waals surface area (Å²) in [4.78, 5) is 14.2. The Morgan fingerprint density at radius 1 is 1.19 bits per heavy atom. The number of nitrogens with zero attached hydrogens (tertiary/aromatic N) is 3. The van der Waals surface area contributed by atoms with Gasteiger partial charge in [-0.3, -0.25) is 9.58 Å². The van der Waals surface area contributed by atoms with Crippen molar-refractivity contribution >= 4 is 6.09 Å². The van der Waals surface area contributed by atoms with Crippen LogP contribution in [0.4, 0.5) is 9.18 Å². The Morgan fingerprint density at radius 3 is 2.38 bits per heavy atom. The number of fused-ring (bicyclic) bond motifs is 1. The average molecular weight is 359 g/mol. The second kappa shape index (κ2) is 6.41. The molecule has 2 heterocycles. The molecule has 0 N–H and O–H groups in total. The third kappa shape index (κ3) is 3.45. The fourth-order valence-corrected chi connectivity index (χ4v) is 3.31. The molecule has 1 aromatic heterocycles. The van der Waals surface area contributed by atoms with Crippen molar-refractivity contribution in [2.75, 3.05) is 6.54 Å². The number of hydrogen-bond acceptors (Lipinski definition) is 3. The Hall–Kier alpha value is -2.37. The largest absolute Gasteiger partial charge is 0.444 e. The molecule has 0 bridgehead atoms. The minimum absolute atomic E-state index is 0.137. The molecule has 26 heavy (non-hydrogen) atoms. The monoisotopic (exact) mass is 359 g/mol. The van der Waals surface area contributed by atoms with Crippen molar-refractivity contribution in [2.45, 2.75) is 59.7 Å². The molecule has 0 fully saturated rings. The Bertz CT molecular complexity index is 828. The van der Waals surface area contributed by atoms with Crippen LogP contribution in [0.3, 0.4) is 0 Å². The smallest absolute Gasteiger partial charge is 0.410 e. The highest BCUT2D eigenvalue weighted by molar-refractivity contribution is 5.69. The van der Waals surface area contributed by atoms with Gasteiger partial charge in [-0.1, -0.05) is 0 Å². The van der Waals surface area contributed by atoms with Gasteiger partial charge in [0.05, 0.1) is 24.0 Å². The number of benzene rings is 1. The molecule has 1 unspecified atom stereocenters. The maximum Gasteiger partial charge on any atom is 0.410 e. The average Bonchev–Trinajstić information content (AvgIpc) is 2.95. The van der Waals surface area contributed by atoms with E-state index in [0.717, 1.165) is 17.0 Å². The number of halogens is 1. The van der Waals surface area contributed by atoms with Crippen LogP contribution in [0.1, 0.15) is 50.6 Å². The molecule has 1 aliphatic rings. The zero-order chi connectivity index (χ0) is 19.2. The molecule has 0 saturated heterocycles. The van der Waals surface area contributed by atoms with Gasteiger partial charge < -0.3 is 4.74 Å². The van der Waals surface area contributed by atoms with E-state index in [-0.39, 0.29) is 18.0 Å². The van der Waals surface area contributed by atoms with Crippen LogP contribution in [0, 0.1) is 19.7 Å². The summed E-state index contributed by atoms with van der Waals surface area (Å²) in [5.74, 6) is -0.179. The predicted octanol–water partition coefficient (Wildman–Crippen LogP) is 4.62. The summed E-state index contributed by atoms with van der Waals surface area (Å²) in [5.41, 5.74) is 3.33. The van der Waals surface area contributed by atoms with Gasteiger partial charge in [-0.15, -0.1) is 0 Å². The third-order valence-corrected chi connectivity index (χ3v) is 4.62. The first-order chi connectivity index (χ1) is 12.1. The van der Waals surface area contributed by atoms with E-state index in [9.17, 15) is 9.18 Å². The Kier molecular flexibility index (Phi) is 4.54. The lowest BCUT2D eigenvalue weighted by Gasteiger charge is -2.35. The van der Waals surface area contributed by atoms with Gasteiger partial charge in [0.1, 0.15) is 11.4 Å². The lowest BCUT2D eigenvalue weighted by molar-refractivity contribution is 0.0120. The zero-order valence-corrected chi connectivity index (χ0v) is 16.3. The predicted molar refractivity (Wildman–Crippen MR) is 98.5 cm³/mol. The Balaban J connectivity index is 1.90. The molecular weight excluding hydrogens is 333 g/mol. The maximum absolute atomic E-state index is 13.9. The number of carbonyl (C=O) groups is 1. The molecule has 1 aliphatic heterocycles.